The van der Waals surface area contributed by atoms with Crippen molar-refractivity contribution in [2.45, 2.75) is 13.3 Å². The first kappa shape index (κ1) is 15.5. The molecule has 1 aromatic heterocycles. The molecular formula is C17H18N6O. The van der Waals surface area contributed by atoms with E-state index >= 15 is 0 Å². The highest BCUT2D eigenvalue weighted by Gasteiger charge is 2.05. The van der Waals surface area contributed by atoms with Crippen molar-refractivity contribution in [1.29, 1.82) is 0 Å². The molecule has 3 aromatic rings. The first-order valence-electron chi connectivity index (χ1n) is 7.57. The van der Waals surface area contributed by atoms with Gasteiger partial charge in [-0.15, -0.1) is 10.2 Å². The molecule has 2 aromatic carbocycles. The number of benzene rings is 2. The summed E-state index contributed by atoms with van der Waals surface area (Å²) in [7, 11) is 0. The fourth-order valence-electron chi connectivity index (χ4n) is 2.09. The Bertz CT molecular complexity index is 828. The minimum Gasteiger partial charge on any atom is -0.457 e. The van der Waals surface area contributed by atoms with Gasteiger partial charge in [-0.25, -0.2) is 10.1 Å². The molecule has 0 unspecified atom stereocenters. The third-order valence-corrected chi connectivity index (χ3v) is 3.30. The molecule has 0 aliphatic heterocycles. The number of hydrazone groups is 1. The van der Waals surface area contributed by atoms with Crippen molar-refractivity contribution in [3.63, 3.8) is 0 Å². The van der Waals surface area contributed by atoms with E-state index in [-0.39, 0.29) is 0 Å². The zero-order chi connectivity index (χ0) is 16.8. The van der Waals surface area contributed by atoms with Gasteiger partial charge in [0.25, 0.3) is 5.95 Å². The van der Waals surface area contributed by atoms with Crippen molar-refractivity contribution in [2.24, 2.45) is 5.10 Å². The van der Waals surface area contributed by atoms with Crippen LogP contribution in [0, 0.1) is 0 Å². The lowest BCUT2D eigenvalue weighted by molar-refractivity contribution is 0.482. The number of rotatable bonds is 6. The third kappa shape index (κ3) is 3.70. The molecule has 24 heavy (non-hydrogen) atoms. The molecular weight excluding hydrogens is 304 g/mol. The van der Waals surface area contributed by atoms with Crippen LogP contribution in [0.2, 0.25) is 0 Å². The molecule has 0 bridgehead atoms. The van der Waals surface area contributed by atoms with E-state index in [0.717, 1.165) is 17.1 Å². The summed E-state index contributed by atoms with van der Waals surface area (Å²) in [4.78, 5) is 0. The van der Waals surface area contributed by atoms with Crippen LogP contribution in [-0.4, -0.2) is 21.1 Å². The highest BCUT2D eigenvalue weighted by Crippen LogP contribution is 2.21. The summed E-state index contributed by atoms with van der Waals surface area (Å²) < 4.78 is 7.17. The van der Waals surface area contributed by atoms with Gasteiger partial charge in [0, 0.05) is 6.42 Å². The molecule has 1 heterocycles. The quantitative estimate of drug-likeness (QED) is 0.414. The smallest absolute Gasteiger partial charge is 0.263 e. The number of para-hydroxylation sites is 1. The van der Waals surface area contributed by atoms with Gasteiger partial charge in [-0.05, 0) is 29.8 Å². The predicted molar refractivity (Wildman–Crippen MR) is 93.7 cm³/mol. The number of nitrogen functional groups attached to an aromatic ring is 1. The van der Waals surface area contributed by atoms with E-state index in [9.17, 15) is 0 Å². The van der Waals surface area contributed by atoms with Gasteiger partial charge in [-0.3, -0.25) is 0 Å². The van der Waals surface area contributed by atoms with Gasteiger partial charge >= 0.3 is 0 Å². The third-order valence-electron chi connectivity index (χ3n) is 3.30. The number of hydrogen-bond donors (Lipinski definition) is 2. The standard InChI is InChI=1S/C17H18N6O/c1-2-16-20-22-17(23(16)18)21-19-12-13-7-6-10-15(11-13)24-14-8-4-3-5-9-14/h3-12H,2,18H2,1H3,(H,21,22). The van der Waals surface area contributed by atoms with Crippen molar-refractivity contribution >= 4 is 12.2 Å². The van der Waals surface area contributed by atoms with Crippen LogP contribution in [0.25, 0.3) is 0 Å². The van der Waals surface area contributed by atoms with Crippen molar-refractivity contribution < 1.29 is 4.74 Å². The maximum Gasteiger partial charge on any atom is 0.263 e. The Hall–Kier alpha value is -3.35. The van der Waals surface area contributed by atoms with Crippen LogP contribution in [0.15, 0.2) is 59.7 Å². The summed E-state index contributed by atoms with van der Waals surface area (Å²) >= 11 is 0. The molecule has 0 saturated carbocycles. The largest absolute Gasteiger partial charge is 0.457 e. The van der Waals surface area contributed by atoms with Crippen LogP contribution in [0.4, 0.5) is 5.95 Å². The second kappa shape index (κ2) is 7.28. The van der Waals surface area contributed by atoms with Gasteiger partial charge in [0.05, 0.1) is 6.21 Å². The monoisotopic (exact) mass is 322 g/mol. The number of aryl methyl sites for hydroxylation is 1. The van der Waals surface area contributed by atoms with Gasteiger partial charge in [0.2, 0.25) is 0 Å². The number of anilines is 1. The van der Waals surface area contributed by atoms with Crippen molar-refractivity contribution in [2.75, 3.05) is 11.3 Å². The van der Waals surface area contributed by atoms with E-state index in [1.54, 1.807) is 6.21 Å². The number of nitrogens with two attached hydrogens (primary N) is 1. The Morgan fingerprint density at radius 2 is 1.92 bits per heavy atom. The van der Waals surface area contributed by atoms with Gasteiger partial charge in [0.1, 0.15) is 11.5 Å². The molecule has 3 N–H and O–H groups in total. The van der Waals surface area contributed by atoms with E-state index in [0.29, 0.717) is 18.2 Å². The Balaban J connectivity index is 1.66. The molecule has 0 amide bonds. The summed E-state index contributed by atoms with van der Waals surface area (Å²) in [6, 6.07) is 17.2. The summed E-state index contributed by atoms with van der Waals surface area (Å²) in [6.07, 6.45) is 2.37. The van der Waals surface area contributed by atoms with Crippen molar-refractivity contribution in [3.8, 4) is 11.5 Å². The normalized spacial score (nSPS) is 10.9. The van der Waals surface area contributed by atoms with E-state index in [1.165, 1.54) is 4.68 Å². The van der Waals surface area contributed by atoms with Crippen LogP contribution in [-0.2, 0) is 6.42 Å². The number of ether oxygens (including phenoxy) is 1. The summed E-state index contributed by atoms with van der Waals surface area (Å²) in [5.41, 5.74) is 3.66. The molecule has 3 rings (SSSR count). The van der Waals surface area contributed by atoms with E-state index in [2.05, 4.69) is 20.7 Å². The zero-order valence-electron chi connectivity index (χ0n) is 13.3. The SMILES string of the molecule is CCc1nnc(NN=Cc2cccc(Oc3ccccc3)c2)n1N. The number of hydrogen-bond acceptors (Lipinski definition) is 6. The fraction of sp³-hybridized carbons (Fsp3) is 0.118. The van der Waals surface area contributed by atoms with Crippen molar-refractivity contribution in [1.82, 2.24) is 14.9 Å². The summed E-state index contributed by atoms with van der Waals surface area (Å²) in [5.74, 6) is 8.44. The predicted octanol–water partition coefficient (Wildman–Crippen LogP) is 2.79. The van der Waals surface area contributed by atoms with Gasteiger partial charge in [0.15, 0.2) is 5.82 Å². The lowest BCUT2D eigenvalue weighted by Crippen LogP contribution is -2.14. The molecule has 122 valence electrons. The van der Waals surface area contributed by atoms with Gasteiger partial charge in [-0.2, -0.15) is 5.10 Å². The number of nitrogens with zero attached hydrogens (tertiary/aromatic N) is 4. The first-order valence-corrected chi connectivity index (χ1v) is 7.57. The van der Waals surface area contributed by atoms with Crippen LogP contribution >= 0.6 is 0 Å². The topological polar surface area (TPSA) is 90.4 Å². The second-order valence-electron chi connectivity index (χ2n) is 5.02. The lowest BCUT2D eigenvalue weighted by atomic mass is 10.2. The molecule has 0 aliphatic carbocycles. The molecule has 7 heteroatoms. The van der Waals surface area contributed by atoms with Gasteiger partial charge < -0.3 is 10.6 Å². The Morgan fingerprint density at radius 1 is 1.12 bits per heavy atom. The van der Waals surface area contributed by atoms with Crippen LogP contribution in [0.3, 0.4) is 0 Å². The average Bonchev–Trinajstić information content (AvgIpc) is 2.96. The number of nitrogens with one attached hydrogen (secondary N) is 1. The second-order valence-corrected chi connectivity index (χ2v) is 5.02. The van der Waals surface area contributed by atoms with E-state index in [1.807, 2.05) is 61.5 Å². The zero-order valence-corrected chi connectivity index (χ0v) is 13.3. The fourth-order valence-corrected chi connectivity index (χ4v) is 2.09. The maximum atomic E-state index is 5.84. The minimum absolute atomic E-state index is 0.389. The molecule has 0 spiro atoms. The highest BCUT2D eigenvalue weighted by molar-refractivity contribution is 5.80. The molecule has 0 saturated heterocycles. The Morgan fingerprint density at radius 3 is 2.67 bits per heavy atom. The van der Waals surface area contributed by atoms with E-state index in [4.69, 9.17) is 10.6 Å². The van der Waals surface area contributed by atoms with Crippen molar-refractivity contribution in [3.05, 3.63) is 66.0 Å². The molecule has 0 radical (unpaired) electrons. The summed E-state index contributed by atoms with van der Waals surface area (Å²) in [5, 5.41) is 12.0. The molecule has 0 atom stereocenters. The average molecular weight is 322 g/mol. The van der Waals surface area contributed by atoms with Crippen LogP contribution < -0.4 is 16.0 Å². The summed E-state index contributed by atoms with van der Waals surface area (Å²) in [6.45, 7) is 1.96. The molecule has 7 nitrogen and oxygen atoms in total. The highest BCUT2D eigenvalue weighted by atomic mass is 16.5. The number of aromatic nitrogens is 3. The Labute approximate surface area is 139 Å². The first-order chi connectivity index (χ1) is 11.8. The lowest BCUT2D eigenvalue weighted by Gasteiger charge is -2.05. The van der Waals surface area contributed by atoms with Crippen LogP contribution in [0.5, 0.6) is 11.5 Å². The van der Waals surface area contributed by atoms with Gasteiger partial charge in [-0.1, -0.05) is 37.3 Å². The molecule has 0 fully saturated rings. The van der Waals surface area contributed by atoms with Crippen LogP contribution in [0.1, 0.15) is 18.3 Å². The minimum atomic E-state index is 0.389. The maximum absolute atomic E-state index is 5.84. The molecule has 0 aliphatic rings. The van der Waals surface area contributed by atoms with E-state index < -0.39 is 0 Å². The Kier molecular flexibility index (Phi) is 4.71.